The summed E-state index contributed by atoms with van der Waals surface area (Å²) in [6, 6.07) is 14.6. The highest BCUT2D eigenvalue weighted by molar-refractivity contribution is 5.88. The van der Waals surface area contributed by atoms with Gasteiger partial charge in [-0.25, -0.2) is 9.59 Å². The van der Waals surface area contributed by atoms with Crippen LogP contribution in [0, 0.1) is 0 Å². The molecule has 0 aliphatic rings. The van der Waals surface area contributed by atoms with E-state index in [1.807, 2.05) is 6.07 Å². The van der Waals surface area contributed by atoms with Gasteiger partial charge in [0.15, 0.2) is 0 Å². The Labute approximate surface area is 207 Å². The van der Waals surface area contributed by atoms with Crippen LogP contribution in [0.4, 0.5) is 0 Å². The summed E-state index contributed by atoms with van der Waals surface area (Å²) in [6.45, 7) is 9.52. The van der Waals surface area contributed by atoms with E-state index in [4.69, 9.17) is 19.7 Å². The van der Waals surface area contributed by atoms with Crippen LogP contribution in [0.25, 0.3) is 11.1 Å². The molecule has 2 aromatic carbocycles. The van der Waals surface area contributed by atoms with E-state index in [9.17, 15) is 9.59 Å². The van der Waals surface area contributed by atoms with Crippen molar-refractivity contribution in [2.75, 3.05) is 26.4 Å². The van der Waals surface area contributed by atoms with E-state index in [1.54, 1.807) is 0 Å². The Morgan fingerprint density at radius 2 is 1.20 bits per heavy atom. The first-order valence-electron chi connectivity index (χ1n) is 12.0. The van der Waals surface area contributed by atoms with Gasteiger partial charge in [0.25, 0.3) is 0 Å². The Kier molecular flexibility index (Phi) is 11.9. The second kappa shape index (κ2) is 14.9. The molecule has 188 valence electrons. The Bertz CT molecular complexity index is 952. The molecule has 0 spiro atoms. The van der Waals surface area contributed by atoms with Crippen LogP contribution in [-0.2, 0) is 38.3 Å². The van der Waals surface area contributed by atoms with Crippen molar-refractivity contribution in [3.8, 4) is 11.1 Å². The summed E-state index contributed by atoms with van der Waals surface area (Å²) in [5.41, 5.74) is 5.88. The Morgan fingerprint density at radius 1 is 0.714 bits per heavy atom. The molecule has 2 N–H and O–H groups in total. The number of hydrogen-bond donors (Lipinski definition) is 2. The fourth-order valence-corrected chi connectivity index (χ4v) is 3.57. The number of ether oxygens (including phenoxy) is 2. The maximum Gasteiger partial charge on any atom is 0.333 e. The van der Waals surface area contributed by atoms with Gasteiger partial charge in [-0.15, -0.1) is 0 Å². The molecule has 0 saturated carbocycles. The normalized spacial score (nSPS) is 10.6. The van der Waals surface area contributed by atoms with Crippen molar-refractivity contribution in [1.82, 2.24) is 0 Å². The van der Waals surface area contributed by atoms with Crippen LogP contribution in [0.2, 0.25) is 0 Å². The Hall–Kier alpha value is -3.22. The van der Waals surface area contributed by atoms with Gasteiger partial charge >= 0.3 is 11.9 Å². The summed E-state index contributed by atoms with van der Waals surface area (Å²) in [4.78, 5) is 23.9. The largest absolute Gasteiger partial charge is 0.462 e. The summed E-state index contributed by atoms with van der Waals surface area (Å²) in [7, 11) is 0. The zero-order chi connectivity index (χ0) is 25.6. The molecular formula is C29H36O6. The zero-order valence-corrected chi connectivity index (χ0v) is 20.6. The van der Waals surface area contributed by atoms with Gasteiger partial charge in [0.05, 0.1) is 13.2 Å². The molecule has 0 bridgehead atoms. The first-order chi connectivity index (χ1) is 16.9. The molecule has 35 heavy (non-hydrogen) atoms. The molecule has 0 atom stereocenters. The van der Waals surface area contributed by atoms with Crippen molar-refractivity contribution < 1.29 is 29.3 Å². The van der Waals surface area contributed by atoms with E-state index in [-0.39, 0.29) is 50.4 Å². The standard InChI is InChI=1S/C29H36O6/c1-4-5-23-6-8-26(9-7-23)27-19-24(12-16-34-28(32)21(2)10-14-30)18-25(20-27)13-17-35-29(33)22(3)11-15-31/h6-9,18-20,30-31H,2-5,10-17H2,1H3. The average Bonchev–Trinajstić information content (AvgIpc) is 2.84. The fourth-order valence-electron chi connectivity index (χ4n) is 3.57. The molecule has 6 heteroatoms. The van der Waals surface area contributed by atoms with Crippen LogP contribution in [0.1, 0.15) is 42.9 Å². The van der Waals surface area contributed by atoms with E-state index < -0.39 is 11.9 Å². The predicted molar refractivity (Wildman–Crippen MR) is 137 cm³/mol. The Morgan fingerprint density at radius 3 is 1.63 bits per heavy atom. The molecule has 6 nitrogen and oxygen atoms in total. The lowest BCUT2D eigenvalue weighted by Crippen LogP contribution is -2.12. The van der Waals surface area contributed by atoms with Crippen molar-refractivity contribution >= 4 is 11.9 Å². The molecule has 0 aliphatic carbocycles. The number of rotatable bonds is 15. The van der Waals surface area contributed by atoms with E-state index in [0.29, 0.717) is 12.8 Å². The van der Waals surface area contributed by atoms with Crippen LogP contribution >= 0.6 is 0 Å². The third-order valence-electron chi connectivity index (χ3n) is 5.53. The minimum absolute atomic E-state index is 0.145. The van der Waals surface area contributed by atoms with Crippen LogP contribution in [-0.4, -0.2) is 48.6 Å². The average molecular weight is 481 g/mol. The molecule has 2 rings (SSSR count). The van der Waals surface area contributed by atoms with Crippen LogP contribution < -0.4 is 0 Å². The SMILES string of the molecule is C=C(CCO)C(=O)OCCc1cc(CCOC(=O)C(=C)CCO)cc(-c2ccc(CCC)cc2)c1. The lowest BCUT2D eigenvalue weighted by atomic mass is 9.96. The van der Waals surface area contributed by atoms with Gasteiger partial charge in [-0.2, -0.15) is 0 Å². The molecule has 0 unspecified atom stereocenters. The van der Waals surface area contributed by atoms with Crippen molar-refractivity contribution in [1.29, 1.82) is 0 Å². The van der Waals surface area contributed by atoms with Crippen LogP contribution in [0.3, 0.4) is 0 Å². The molecule has 0 amide bonds. The molecule has 2 aromatic rings. The molecule has 0 radical (unpaired) electrons. The number of carbonyl (C=O) groups excluding carboxylic acids is 2. The molecule has 0 saturated heterocycles. The quantitative estimate of drug-likeness (QED) is 0.291. The third kappa shape index (κ3) is 9.51. The number of carbonyl (C=O) groups is 2. The van der Waals surface area contributed by atoms with Gasteiger partial charge in [-0.1, -0.05) is 69.0 Å². The number of aliphatic hydroxyl groups excluding tert-OH is 2. The van der Waals surface area contributed by atoms with Crippen molar-refractivity contribution in [2.24, 2.45) is 0 Å². The smallest absolute Gasteiger partial charge is 0.333 e. The summed E-state index contributed by atoms with van der Waals surface area (Å²) in [6.07, 6.45) is 3.53. The first-order valence-corrected chi connectivity index (χ1v) is 12.0. The van der Waals surface area contributed by atoms with E-state index in [2.05, 4.69) is 56.5 Å². The maximum absolute atomic E-state index is 12.0. The molecule has 0 heterocycles. The predicted octanol–water partition coefficient (Wildman–Crippen LogP) is 4.35. The Balaban J connectivity index is 2.14. The van der Waals surface area contributed by atoms with Gasteiger partial charge in [0, 0.05) is 50.0 Å². The van der Waals surface area contributed by atoms with Crippen LogP contribution in [0.5, 0.6) is 0 Å². The highest BCUT2D eigenvalue weighted by Crippen LogP contribution is 2.24. The summed E-state index contributed by atoms with van der Waals surface area (Å²) >= 11 is 0. The van der Waals surface area contributed by atoms with Crippen molar-refractivity contribution in [3.63, 3.8) is 0 Å². The van der Waals surface area contributed by atoms with Gasteiger partial charge < -0.3 is 19.7 Å². The van der Waals surface area contributed by atoms with Crippen molar-refractivity contribution in [3.05, 3.63) is 83.5 Å². The number of aliphatic hydroxyl groups is 2. The monoisotopic (exact) mass is 480 g/mol. The highest BCUT2D eigenvalue weighted by atomic mass is 16.5. The fraction of sp³-hybridized carbons (Fsp3) is 0.379. The lowest BCUT2D eigenvalue weighted by molar-refractivity contribution is -0.140. The number of hydrogen-bond acceptors (Lipinski definition) is 6. The number of aryl methyl sites for hydroxylation is 1. The summed E-state index contributed by atoms with van der Waals surface area (Å²) in [5.74, 6) is -1.01. The third-order valence-corrected chi connectivity index (χ3v) is 5.53. The molecule has 0 fully saturated rings. The highest BCUT2D eigenvalue weighted by Gasteiger charge is 2.11. The zero-order valence-electron chi connectivity index (χ0n) is 20.6. The van der Waals surface area contributed by atoms with E-state index in [0.717, 1.165) is 35.1 Å². The van der Waals surface area contributed by atoms with Gasteiger partial charge in [-0.05, 0) is 34.2 Å². The summed E-state index contributed by atoms with van der Waals surface area (Å²) in [5, 5.41) is 17.9. The van der Waals surface area contributed by atoms with Crippen LogP contribution in [0.15, 0.2) is 66.8 Å². The van der Waals surface area contributed by atoms with Gasteiger partial charge in [0.2, 0.25) is 0 Å². The van der Waals surface area contributed by atoms with Crippen molar-refractivity contribution in [2.45, 2.75) is 45.4 Å². The molecule has 0 aromatic heterocycles. The van der Waals surface area contributed by atoms with E-state index >= 15 is 0 Å². The minimum Gasteiger partial charge on any atom is -0.462 e. The number of esters is 2. The topological polar surface area (TPSA) is 93.1 Å². The first kappa shape index (κ1) is 28.0. The maximum atomic E-state index is 12.0. The van der Waals surface area contributed by atoms with E-state index in [1.165, 1.54) is 5.56 Å². The lowest BCUT2D eigenvalue weighted by Gasteiger charge is -2.12. The second-order valence-electron chi connectivity index (χ2n) is 8.41. The number of benzene rings is 2. The summed E-state index contributed by atoms with van der Waals surface area (Å²) < 4.78 is 10.6. The molecule has 0 aliphatic heterocycles. The second-order valence-corrected chi connectivity index (χ2v) is 8.41. The molecular weight excluding hydrogens is 444 g/mol. The minimum atomic E-state index is -0.503. The van der Waals surface area contributed by atoms with Gasteiger partial charge in [0.1, 0.15) is 0 Å². The van der Waals surface area contributed by atoms with Gasteiger partial charge in [-0.3, -0.25) is 0 Å².